The summed E-state index contributed by atoms with van der Waals surface area (Å²) in [6.45, 7) is 12.8. The van der Waals surface area contributed by atoms with Gasteiger partial charge in [-0.15, -0.1) is 0 Å². The molecule has 0 saturated heterocycles. The van der Waals surface area contributed by atoms with Gasteiger partial charge in [0.05, 0.1) is 5.02 Å². The predicted molar refractivity (Wildman–Crippen MR) is 105 cm³/mol. The minimum absolute atomic E-state index is 0.0123. The van der Waals surface area contributed by atoms with Crippen molar-refractivity contribution in [1.29, 1.82) is 0 Å². The molecule has 0 amide bonds. The number of hydrogen-bond acceptors (Lipinski definition) is 5. The summed E-state index contributed by atoms with van der Waals surface area (Å²) in [6.07, 6.45) is 0. The molecule has 2 rings (SSSR count). The molecule has 0 fully saturated rings. The summed E-state index contributed by atoms with van der Waals surface area (Å²) in [6, 6.07) is 3.25. The van der Waals surface area contributed by atoms with Gasteiger partial charge in [0.25, 0.3) is 0 Å². The topological polar surface area (TPSA) is 66.7 Å². The first-order valence-electron chi connectivity index (χ1n) is 8.80. The van der Waals surface area contributed by atoms with Crippen LogP contribution in [0.5, 0.6) is 0 Å². The van der Waals surface area contributed by atoms with E-state index in [0.717, 1.165) is 13.1 Å². The molecule has 26 heavy (non-hydrogen) atoms. The number of aromatic nitrogens is 1. The highest BCUT2D eigenvalue weighted by Gasteiger charge is 2.30. The van der Waals surface area contributed by atoms with Crippen LogP contribution in [0.3, 0.4) is 0 Å². The second-order valence-corrected chi connectivity index (χ2v) is 9.74. The maximum absolute atomic E-state index is 13.2. The van der Waals surface area contributed by atoms with E-state index in [1.165, 1.54) is 4.31 Å². The van der Waals surface area contributed by atoms with Crippen molar-refractivity contribution >= 4 is 32.7 Å². The van der Waals surface area contributed by atoms with Crippen LogP contribution >= 0.6 is 11.6 Å². The van der Waals surface area contributed by atoms with Crippen molar-refractivity contribution in [3.05, 3.63) is 23.0 Å². The van der Waals surface area contributed by atoms with E-state index in [2.05, 4.69) is 23.7 Å². The van der Waals surface area contributed by atoms with Crippen molar-refractivity contribution in [3.8, 4) is 0 Å². The molecule has 0 aliphatic carbocycles. The van der Waals surface area contributed by atoms with Crippen LogP contribution in [0.4, 0.5) is 0 Å². The summed E-state index contributed by atoms with van der Waals surface area (Å²) in [5, 5.41) is 0.142. The number of likely N-dealkylation sites (N-methyl/N-ethyl adjacent to an activating group) is 2. The third kappa shape index (κ3) is 4.22. The number of nitrogens with zero attached hydrogens (tertiary/aromatic N) is 3. The van der Waals surface area contributed by atoms with Gasteiger partial charge in [-0.3, -0.25) is 0 Å². The Morgan fingerprint density at radius 3 is 2.31 bits per heavy atom. The van der Waals surface area contributed by atoms with Crippen LogP contribution in [-0.4, -0.2) is 55.8 Å². The lowest BCUT2D eigenvalue weighted by molar-refractivity contribution is 0.282. The smallest absolute Gasteiger partial charge is 0.248 e. The summed E-state index contributed by atoms with van der Waals surface area (Å²) in [5.41, 5.74) is 0.383. The first-order chi connectivity index (χ1) is 12.0. The van der Waals surface area contributed by atoms with Gasteiger partial charge < -0.3 is 9.32 Å². The number of hydrogen-bond donors (Lipinski definition) is 0. The number of rotatable bonds is 7. The zero-order valence-electron chi connectivity index (χ0n) is 16.3. The second kappa shape index (κ2) is 7.84. The molecule has 6 nitrogen and oxygen atoms in total. The second-order valence-electron chi connectivity index (χ2n) is 7.35. The third-order valence-corrected chi connectivity index (χ3v) is 6.75. The van der Waals surface area contributed by atoms with Crippen molar-refractivity contribution in [3.63, 3.8) is 0 Å². The largest absolute Gasteiger partial charge is 0.439 e. The predicted octanol–water partition coefficient (Wildman–Crippen LogP) is 3.74. The summed E-state index contributed by atoms with van der Waals surface area (Å²) >= 11 is 6.27. The van der Waals surface area contributed by atoms with Crippen LogP contribution in [0.15, 0.2) is 21.4 Å². The molecule has 1 heterocycles. The molecular formula is C18H28ClN3O3S. The van der Waals surface area contributed by atoms with Crippen molar-refractivity contribution in [2.24, 2.45) is 0 Å². The van der Waals surface area contributed by atoms with E-state index in [1.807, 2.05) is 20.8 Å². The Labute approximate surface area is 161 Å². The van der Waals surface area contributed by atoms with E-state index >= 15 is 0 Å². The summed E-state index contributed by atoms with van der Waals surface area (Å²) in [4.78, 5) is 6.60. The van der Waals surface area contributed by atoms with Gasteiger partial charge in [-0.05, 0) is 25.2 Å². The van der Waals surface area contributed by atoms with Gasteiger partial charge in [0, 0.05) is 25.6 Å². The zero-order valence-corrected chi connectivity index (χ0v) is 17.9. The van der Waals surface area contributed by atoms with Crippen molar-refractivity contribution in [2.45, 2.75) is 44.9 Å². The number of oxazole rings is 1. The Balaban J connectivity index is 2.46. The maximum atomic E-state index is 13.2. The lowest BCUT2D eigenvalue weighted by atomic mass is 9.97. The highest BCUT2D eigenvalue weighted by atomic mass is 35.5. The molecule has 0 radical (unpaired) electrons. The van der Waals surface area contributed by atoms with E-state index in [1.54, 1.807) is 19.2 Å². The molecule has 0 unspecified atom stereocenters. The maximum Gasteiger partial charge on any atom is 0.248 e. The van der Waals surface area contributed by atoms with Crippen LogP contribution in [0, 0.1) is 0 Å². The van der Waals surface area contributed by atoms with Crippen LogP contribution < -0.4 is 0 Å². The molecule has 0 aliphatic heterocycles. The van der Waals surface area contributed by atoms with E-state index in [4.69, 9.17) is 16.0 Å². The summed E-state index contributed by atoms with van der Waals surface area (Å²) in [7, 11) is -2.24. The van der Waals surface area contributed by atoms with E-state index < -0.39 is 10.0 Å². The molecule has 0 spiro atoms. The Kier molecular flexibility index (Phi) is 6.38. The number of benzene rings is 1. The minimum Gasteiger partial charge on any atom is -0.439 e. The van der Waals surface area contributed by atoms with E-state index in [0.29, 0.717) is 24.5 Å². The quantitative estimate of drug-likeness (QED) is 0.706. The molecule has 0 N–H and O–H groups in total. The highest BCUT2D eigenvalue weighted by Crippen LogP contribution is 2.35. The number of sulfonamides is 1. The normalized spacial score (nSPS) is 13.3. The van der Waals surface area contributed by atoms with E-state index in [9.17, 15) is 8.42 Å². The Morgan fingerprint density at radius 2 is 1.77 bits per heavy atom. The monoisotopic (exact) mass is 401 g/mol. The SMILES string of the molecule is CCN(CC)CCN(C)S(=O)(=O)c1c(Cl)ccc2nc(C(C)(C)C)oc12. The van der Waals surface area contributed by atoms with Crippen LogP contribution in [0.25, 0.3) is 11.1 Å². The van der Waals surface area contributed by atoms with Crippen molar-refractivity contribution in [1.82, 2.24) is 14.2 Å². The van der Waals surface area contributed by atoms with Crippen molar-refractivity contribution < 1.29 is 12.8 Å². The standard InChI is InChI=1S/C18H28ClN3O3S/c1-7-22(8-2)12-11-21(6)26(23,24)16-13(19)9-10-14-15(16)25-17(20-14)18(3,4)5/h9-10H,7-8,11-12H2,1-6H3. The van der Waals surface area contributed by atoms with Gasteiger partial charge in [0.1, 0.15) is 10.4 Å². The molecular weight excluding hydrogens is 374 g/mol. The zero-order chi connectivity index (χ0) is 19.7. The summed E-state index contributed by atoms with van der Waals surface area (Å²) in [5.74, 6) is 0.483. The third-order valence-electron chi connectivity index (χ3n) is 4.40. The first-order valence-corrected chi connectivity index (χ1v) is 10.6. The van der Waals surface area contributed by atoms with Gasteiger partial charge in [0.15, 0.2) is 5.58 Å². The van der Waals surface area contributed by atoms with Gasteiger partial charge in [-0.2, -0.15) is 4.31 Å². The molecule has 0 aliphatic rings. The minimum atomic E-state index is -3.80. The molecule has 1 aromatic carbocycles. The fourth-order valence-electron chi connectivity index (χ4n) is 2.60. The Bertz CT molecular complexity index is 868. The fourth-order valence-corrected chi connectivity index (χ4v) is 4.37. The fraction of sp³-hybridized carbons (Fsp3) is 0.611. The molecule has 1 aromatic heterocycles. The molecule has 0 atom stereocenters. The average molecular weight is 402 g/mol. The molecule has 0 saturated carbocycles. The summed E-state index contributed by atoms with van der Waals surface area (Å²) < 4.78 is 33.5. The lowest BCUT2D eigenvalue weighted by Crippen LogP contribution is -2.36. The highest BCUT2D eigenvalue weighted by molar-refractivity contribution is 7.89. The molecule has 2 aromatic rings. The van der Waals surface area contributed by atoms with Crippen LogP contribution in [-0.2, 0) is 15.4 Å². The molecule has 146 valence electrons. The van der Waals surface area contributed by atoms with Crippen molar-refractivity contribution in [2.75, 3.05) is 33.2 Å². The number of halogens is 1. The molecule has 0 bridgehead atoms. The van der Waals surface area contributed by atoms with Gasteiger partial charge in [-0.25, -0.2) is 13.4 Å². The van der Waals surface area contributed by atoms with Crippen LogP contribution in [0.2, 0.25) is 5.02 Å². The number of fused-ring (bicyclic) bond motifs is 1. The van der Waals surface area contributed by atoms with Gasteiger partial charge in [0.2, 0.25) is 15.9 Å². The Hall–Kier alpha value is -1.15. The average Bonchev–Trinajstić information content (AvgIpc) is 2.99. The van der Waals surface area contributed by atoms with Crippen LogP contribution in [0.1, 0.15) is 40.5 Å². The Morgan fingerprint density at radius 1 is 1.15 bits per heavy atom. The first kappa shape index (κ1) is 21.2. The molecule has 8 heteroatoms. The van der Waals surface area contributed by atoms with Gasteiger partial charge >= 0.3 is 0 Å². The lowest BCUT2D eigenvalue weighted by Gasteiger charge is -2.23. The van der Waals surface area contributed by atoms with Gasteiger partial charge in [-0.1, -0.05) is 46.2 Å². The van der Waals surface area contributed by atoms with E-state index in [-0.39, 0.29) is 20.9 Å².